The molecule has 0 radical (unpaired) electrons. The van der Waals surface area contributed by atoms with E-state index in [9.17, 15) is 35.0 Å². The van der Waals surface area contributed by atoms with E-state index >= 15 is 9.59 Å². The summed E-state index contributed by atoms with van der Waals surface area (Å²) in [5.74, 6) is -5.03. The summed E-state index contributed by atoms with van der Waals surface area (Å²) in [6.45, 7) is 25.0. The van der Waals surface area contributed by atoms with E-state index in [-0.39, 0.29) is 68.7 Å². The van der Waals surface area contributed by atoms with Gasteiger partial charge in [-0.15, -0.1) is 0 Å². The number of nitrogens with zero attached hydrogens (tertiary/aromatic N) is 6. The molecule has 35 heteroatoms. The van der Waals surface area contributed by atoms with Crippen LogP contribution in [0.25, 0.3) is 31.7 Å². The third-order valence-electron chi connectivity index (χ3n) is 24.0. The zero-order valence-electron chi connectivity index (χ0n) is 76.5. The second-order valence-corrected chi connectivity index (χ2v) is 47.7. The highest BCUT2D eigenvalue weighted by atomic mass is 79.9. The Hall–Kier alpha value is -9.15. The van der Waals surface area contributed by atoms with Crippen molar-refractivity contribution in [2.24, 2.45) is 10.2 Å². The SMILES string of the molecule is CC(=O)CCC(=O)O[C@@H]1[C@@H](N=[N+]=[N-])[C@@H](O[C@H]2[C@H](OCc3ccccc3)[C@@H](OC(=O)CCC(C)=O)[C@H](Sc3ccc(C)cc3)O[C@@H]2COC(C)=O)O[C@H](CO[Si](C)(C)C(C)(C)C)[C@H]1O[C@@H]1O[C@H](COC(C)=O)[C@@H](O[C@H]2O[C@H](CO[Si](C)(C)C(C)(C)C)[C@@H](OCc3ccc4ccccc4c3)[C@H](OCc3ccc(Br)cc3)[C@H]2N=[N+]=[N-])[C@H](OCc2ccccc2)[C@H]1OC(=O)c1ccccc1. The number of ketones is 2. The molecular formula is C96H119BrN6O25SSi2. The van der Waals surface area contributed by atoms with Gasteiger partial charge in [-0.2, -0.15) is 0 Å². The molecule has 0 aliphatic carbocycles. The number of ether oxygens (including phenoxy) is 16. The van der Waals surface area contributed by atoms with Crippen molar-refractivity contribution in [1.29, 1.82) is 0 Å². The van der Waals surface area contributed by atoms with Crippen LogP contribution in [-0.2, 0) is 140 Å². The number of aryl methyl sites for hydroxylation is 1. The van der Waals surface area contributed by atoms with E-state index in [1.54, 1.807) is 72.8 Å². The van der Waals surface area contributed by atoms with Gasteiger partial charge in [-0.3, -0.25) is 19.2 Å². The first-order valence-corrected chi connectivity index (χ1v) is 51.3. The lowest BCUT2D eigenvalue weighted by Gasteiger charge is -2.52. The van der Waals surface area contributed by atoms with Crippen LogP contribution in [0.1, 0.15) is 133 Å². The predicted molar refractivity (Wildman–Crippen MR) is 492 cm³/mol. The van der Waals surface area contributed by atoms with Gasteiger partial charge in [-0.25, -0.2) is 4.79 Å². The molecule has 7 aromatic rings. The second-order valence-electron chi connectivity index (χ2n) is 36.0. The van der Waals surface area contributed by atoms with E-state index in [0.717, 1.165) is 43.7 Å². The van der Waals surface area contributed by atoms with Crippen molar-refractivity contribution < 1.29 is 118 Å². The maximum atomic E-state index is 15.6. The number of hydrogen-bond donors (Lipinski definition) is 0. The maximum absolute atomic E-state index is 15.6. The number of carbonyl (C=O) groups excluding carboxylic acids is 7. The van der Waals surface area contributed by atoms with Crippen LogP contribution in [-0.4, -0.2) is 206 Å². The van der Waals surface area contributed by atoms with Crippen LogP contribution in [0.15, 0.2) is 202 Å². The number of hydrogen-bond acceptors (Lipinski definition) is 28. The molecule has 4 saturated heterocycles. The highest BCUT2D eigenvalue weighted by Crippen LogP contribution is 2.46. The summed E-state index contributed by atoms with van der Waals surface area (Å²) < 4.78 is 126. The highest BCUT2D eigenvalue weighted by molar-refractivity contribution is 9.10. The Morgan fingerprint density at radius 3 is 1.33 bits per heavy atom. The molecule has 0 spiro atoms. The average molecular weight is 1930 g/mol. The minimum Gasteiger partial charge on any atom is -0.463 e. The van der Waals surface area contributed by atoms with Gasteiger partial charge in [0.25, 0.3) is 0 Å². The Balaban J connectivity index is 1.09. The lowest BCUT2D eigenvalue weighted by atomic mass is 9.94. The predicted octanol–water partition coefficient (Wildman–Crippen LogP) is 17.7. The number of azide groups is 2. The van der Waals surface area contributed by atoms with Crippen molar-refractivity contribution in [3.63, 3.8) is 0 Å². The standard InChI is InChI=1S/C96H119BrN6O25SSi2/c1-58-35-45-71(46-36-58)129-94-89(124-77(109)48-38-60(3)105)87(116-51-64-29-21-17-22-30-64)83(73(122-94)55-112-62(5)107)127-92-79(101-103-99)85(123-76(108)47-37-59(2)104)81(75(120-92)57-118-131(14,15)96(9,10)11)128-93-88(125-90(110)68-32-23-18-24-33-68)86(115-50-63-27-19-16-20-28-63)82(72(121-93)54-111-61(4)106)126-91-78(100-102-98)84(114-52-65-40-43-70(97)44-41-65)80(74(119-91)56-117-130(12,13)95(6,7)8)113-53-66-39-42-67-31-25-26-34-69(67)49-66/h16-36,39-46,49,72-75,78-89,91-94H,37-38,47-48,50-57H2,1-15H3/t72-,73-,74-,75-,78-,79-,80-,81-,82-,83-,84-,85-,86+,87+,88-,89-,91-,92-,93+,94+/m1/s1. The first-order valence-electron chi connectivity index (χ1n) is 43.8. The Bertz CT molecular complexity index is 5050. The number of carbonyl (C=O) groups is 7. The van der Waals surface area contributed by atoms with Crippen LogP contribution in [0.3, 0.4) is 0 Å². The van der Waals surface area contributed by atoms with Gasteiger partial charge < -0.3 is 94.2 Å². The first kappa shape index (κ1) is 102. The number of fused-ring (bicyclic) bond motifs is 1. The zero-order chi connectivity index (χ0) is 94.3. The number of thioether (sulfide) groups is 1. The molecule has 0 saturated carbocycles. The summed E-state index contributed by atoms with van der Waals surface area (Å²) in [7, 11) is -5.74. The van der Waals surface area contributed by atoms with Crippen LogP contribution in [0, 0.1) is 6.92 Å². The molecule has 11 rings (SSSR count). The first-order chi connectivity index (χ1) is 62.4. The molecule has 4 aliphatic heterocycles. The van der Waals surface area contributed by atoms with Crippen LogP contribution < -0.4 is 0 Å². The molecule has 704 valence electrons. The number of halogens is 1. The number of Topliss-reactive ketones (excluding diaryl/α,β-unsaturated/α-hetero) is 2. The summed E-state index contributed by atoms with van der Waals surface area (Å²) in [4.78, 5) is 105. The molecule has 0 aromatic heterocycles. The quantitative estimate of drug-likeness (QED) is 0.00856. The molecule has 0 bridgehead atoms. The molecular weight excluding hydrogens is 1810 g/mol. The monoisotopic (exact) mass is 1920 g/mol. The third-order valence-corrected chi connectivity index (χ3v) is 34.7. The summed E-state index contributed by atoms with van der Waals surface area (Å²) in [5.41, 5.74) is 24.7. The third kappa shape index (κ3) is 28.9. The van der Waals surface area contributed by atoms with Crippen LogP contribution in [0.2, 0.25) is 36.3 Å². The van der Waals surface area contributed by atoms with E-state index in [0.29, 0.717) is 16.0 Å². The van der Waals surface area contributed by atoms with Gasteiger partial charge in [0.05, 0.1) is 58.0 Å². The summed E-state index contributed by atoms with van der Waals surface area (Å²) in [6, 6.07) is 51.3. The van der Waals surface area contributed by atoms with Crippen LogP contribution in [0.5, 0.6) is 0 Å². The van der Waals surface area contributed by atoms with Crippen molar-refractivity contribution in [3.8, 4) is 0 Å². The summed E-state index contributed by atoms with van der Waals surface area (Å²) >= 11 is 4.72. The van der Waals surface area contributed by atoms with Crippen LogP contribution >= 0.6 is 27.7 Å². The van der Waals surface area contributed by atoms with Gasteiger partial charge in [0.2, 0.25) is 0 Å². The minimum absolute atomic E-state index is 0.0103. The number of rotatable bonds is 42. The fourth-order valence-corrected chi connectivity index (χ4v) is 18.1. The van der Waals surface area contributed by atoms with Crippen molar-refractivity contribution in [1.82, 2.24) is 0 Å². The molecule has 0 N–H and O–H groups in total. The molecule has 4 aliphatic rings. The Kier molecular flexibility index (Phi) is 37.2. The Labute approximate surface area is 778 Å². The van der Waals surface area contributed by atoms with Crippen molar-refractivity contribution >= 4 is 96.5 Å². The average Bonchev–Trinajstić information content (AvgIpc) is 0.743. The summed E-state index contributed by atoms with van der Waals surface area (Å²) in [6.07, 6.45) is -28.8. The molecule has 0 amide bonds. The number of benzene rings is 7. The van der Waals surface area contributed by atoms with Gasteiger partial charge in [0.1, 0.15) is 116 Å². The Morgan fingerprint density at radius 1 is 0.420 bits per heavy atom. The van der Waals surface area contributed by atoms with Gasteiger partial charge in [0.15, 0.2) is 47.7 Å². The smallest absolute Gasteiger partial charge is 0.338 e. The van der Waals surface area contributed by atoms with E-state index in [1.807, 2.05) is 138 Å². The normalized spacial score (nSPS) is 25.9. The lowest BCUT2D eigenvalue weighted by Crippen LogP contribution is -2.69. The Morgan fingerprint density at radius 2 is 0.824 bits per heavy atom. The maximum Gasteiger partial charge on any atom is 0.338 e. The van der Waals surface area contributed by atoms with Crippen molar-refractivity contribution in [2.45, 2.75) is 291 Å². The van der Waals surface area contributed by atoms with Gasteiger partial charge in [-0.05, 0) is 144 Å². The van der Waals surface area contributed by atoms with Crippen LogP contribution in [0.4, 0.5) is 0 Å². The molecule has 4 fully saturated rings. The van der Waals surface area contributed by atoms with Gasteiger partial charge in [-0.1, -0.05) is 225 Å². The van der Waals surface area contributed by atoms with E-state index in [2.05, 4.69) is 69.8 Å². The fraction of sp³-hybridized carbons (Fsp3) is 0.510. The molecule has 7 aromatic carbocycles. The molecule has 0 unspecified atom stereocenters. The summed E-state index contributed by atoms with van der Waals surface area (Å²) in [5, 5.41) is 9.92. The minimum atomic E-state index is -3.03. The van der Waals surface area contributed by atoms with Gasteiger partial charge >= 0.3 is 29.8 Å². The van der Waals surface area contributed by atoms with E-state index in [4.69, 9.17) is 84.6 Å². The molecule has 20 atom stereocenters. The highest BCUT2D eigenvalue weighted by Gasteiger charge is 2.61. The second kappa shape index (κ2) is 47.7. The number of esters is 5. The van der Waals surface area contributed by atoms with Gasteiger partial charge in [0, 0.05) is 45.9 Å². The van der Waals surface area contributed by atoms with Crippen molar-refractivity contribution in [2.75, 3.05) is 26.4 Å². The van der Waals surface area contributed by atoms with E-state index in [1.165, 1.54) is 39.8 Å². The largest absolute Gasteiger partial charge is 0.463 e. The molecule has 31 nitrogen and oxygen atoms in total. The molecule has 4 heterocycles. The topological polar surface area (TPSA) is 383 Å². The molecule has 131 heavy (non-hydrogen) atoms. The lowest BCUT2D eigenvalue weighted by molar-refractivity contribution is -0.375. The zero-order valence-corrected chi connectivity index (χ0v) is 80.9. The van der Waals surface area contributed by atoms with E-state index < -0.39 is 205 Å². The fourth-order valence-electron chi connectivity index (χ4n) is 14.7. The van der Waals surface area contributed by atoms with Crippen molar-refractivity contribution in [3.05, 3.63) is 241 Å².